The molecule has 1 unspecified atom stereocenters. The van der Waals surface area contributed by atoms with Crippen LogP contribution < -0.4 is 4.72 Å². The number of halogens is 3. The van der Waals surface area contributed by atoms with Crippen LogP contribution in [0.15, 0.2) is 45.6 Å². The lowest BCUT2D eigenvalue weighted by atomic mass is 10.1. The first-order valence-electron chi connectivity index (χ1n) is 8.03. The number of thioether (sulfide) groups is 1. The summed E-state index contributed by atoms with van der Waals surface area (Å²) in [5.41, 5.74) is 1.60. The van der Waals surface area contributed by atoms with Crippen molar-refractivity contribution in [2.45, 2.75) is 42.9 Å². The van der Waals surface area contributed by atoms with Gasteiger partial charge in [-0.2, -0.15) is 17.9 Å². The minimum atomic E-state index is -4.79. The maximum absolute atomic E-state index is 13.4. The van der Waals surface area contributed by atoms with Crippen LogP contribution in [0.5, 0.6) is 0 Å². The van der Waals surface area contributed by atoms with E-state index in [-0.39, 0.29) is 15.6 Å². The summed E-state index contributed by atoms with van der Waals surface area (Å²) >= 11 is 0.720. The van der Waals surface area contributed by atoms with Crippen molar-refractivity contribution < 1.29 is 21.6 Å². The van der Waals surface area contributed by atoms with Crippen molar-refractivity contribution in [3.05, 3.63) is 52.1 Å². The molecule has 1 aromatic heterocycles. The summed E-state index contributed by atoms with van der Waals surface area (Å²) in [5, 5.41) is 2.87. The second kappa shape index (κ2) is 8.58. The number of benzene rings is 1. The number of hydrogen-bond donors (Lipinski definition) is 1. The van der Waals surface area contributed by atoms with Crippen LogP contribution in [0.1, 0.15) is 16.7 Å². The van der Waals surface area contributed by atoms with E-state index in [1.807, 2.05) is 0 Å². The van der Waals surface area contributed by atoms with Crippen molar-refractivity contribution in [1.29, 1.82) is 0 Å². The van der Waals surface area contributed by atoms with Gasteiger partial charge in [0, 0.05) is 5.75 Å². The minimum Gasteiger partial charge on any atom is -0.248 e. The highest BCUT2D eigenvalue weighted by Gasteiger charge is 2.42. The van der Waals surface area contributed by atoms with Gasteiger partial charge in [0.2, 0.25) is 10.0 Å². The molecular formula is C17H18F3N3O3S2. The zero-order valence-electron chi connectivity index (χ0n) is 15.2. The van der Waals surface area contributed by atoms with Gasteiger partial charge in [-0.05, 0) is 49.2 Å². The molecule has 0 amide bonds. The monoisotopic (exact) mass is 433 g/mol. The Morgan fingerprint density at radius 1 is 1.18 bits per heavy atom. The van der Waals surface area contributed by atoms with E-state index in [1.54, 1.807) is 37.6 Å². The molecule has 1 aromatic carbocycles. The van der Waals surface area contributed by atoms with E-state index >= 15 is 0 Å². The molecule has 0 bridgehead atoms. The van der Waals surface area contributed by atoms with Gasteiger partial charge in [-0.25, -0.2) is 13.4 Å². The van der Waals surface area contributed by atoms with Gasteiger partial charge in [0.15, 0.2) is 0 Å². The molecule has 2 aromatic rings. The smallest absolute Gasteiger partial charge is 0.248 e. The molecule has 0 aliphatic heterocycles. The first-order chi connectivity index (χ1) is 12.9. The van der Waals surface area contributed by atoms with Crippen LogP contribution in [-0.4, -0.2) is 31.4 Å². The minimum absolute atomic E-state index is 0.0442. The zero-order valence-corrected chi connectivity index (χ0v) is 16.9. The van der Waals surface area contributed by atoms with E-state index in [1.165, 1.54) is 12.1 Å². The fourth-order valence-corrected chi connectivity index (χ4v) is 5.39. The Bertz CT molecular complexity index is 939. The number of aromatic nitrogens is 1. The summed E-state index contributed by atoms with van der Waals surface area (Å²) in [5.74, 6) is -0.618. The third-order valence-corrected chi connectivity index (χ3v) is 6.60. The van der Waals surface area contributed by atoms with Gasteiger partial charge in [0.05, 0.1) is 16.1 Å². The summed E-state index contributed by atoms with van der Waals surface area (Å²) in [6.07, 6.45) is -3.67. The largest absolute Gasteiger partial charge is 0.405 e. The average molecular weight is 433 g/mol. The molecule has 0 saturated carbocycles. The van der Waals surface area contributed by atoms with Crippen molar-refractivity contribution in [3.63, 3.8) is 0 Å². The molecule has 2 rings (SSSR count). The second-order valence-electron chi connectivity index (χ2n) is 6.20. The van der Waals surface area contributed by atoms with Gasteiger partial charge < -0.3 is 0 Å². The van der Waals surface area contributed by atoms with E-state index in [4.69, 9.17) is 0 Å². The molecule has 0 radical (unpaired) electrons. The van der Waals surface area contributed by atoms with Crippen LogP contribution in [0.25, 0.3) is 0 Å². The van der Waals surface area contributed by atoms with Crippen LogP contribution in [0, 0.1) is 25.7 Å². The number of pyridine rings is 1. The van der Waals surface area contributed by atoms with Crippen molar-refractivity contribution in [3.8, 4) is 0 Å². The summed E-state index contributed by atoms with van der Waals surface area (Å²) in [6, 6.07) is 3.55. The lowest BCUT2D eigenvalue weighted by molar-refractivity contribution is -0.145. The van der Waals surface area contributed by atoms with Gasteiger partial charge in [0.25, 0.3) is 0 Å². The Hall–Kier alpha value is -1.98. The summed E-state index contributed by atoms with van der Waals surface area (Å²) in [6.45, 7) is 4.86. The van der Waals surface area contributed by atoms with E-state index < -0.39 is 28.0 Å². The zero-order chi connectivity index (χ0) is 21.1. The third-order valence-electron chi connectivity index (χ3n) is 3.79. The van der Waals surface area contributed by atoms with E-state index in [2.05, 4.69) is 10.2 Å². The SMILES string of the molecule is Cc1cc(C)c(S(=O)(=O)NC(CSc2ccc(N=O)cn2)C(F)(F)F)c(C)c1. The van der Waals surface area contributed by atoms with Gasteiger partial charge in [-0.1, -0.05) is 17.7 Å². The van der Waals surface area contributed by atoms with Gasteiger partial charge >= 0.3 is 6.18 Å². The molecule has 28 heavy (non-hydrogen) atoms. The lowest BCUT2D eigenvalue weighted by Crippen LogP contribution is -2.47. The number of nitroso groups, excluding NO2 is 1. The van der Waals surface area contributed by atoms with Crippen LogP contribution in [-0.2, 0) is 10.0 Å². The molecule has 0 spiro atoms. The number of nitrogens with one attached hydrogen (secondary N) is 1. The fraction of sp³-hybridized carbons (Fsp3) is 0.353. The van der Waals surface area contributed by atoms with Gasteiger partial charge in [0.1, 0.15) is 11.7 Å². The van der Waals surface area contributed by atoms with E-state index in [0.717, 1.165) is 23.5 Å². The summed E-state index contributed by atoms with van der Waals surface area (Å²) in [4.78, 5) is 14.0. The average Bonchev–Trinajstić information content (AvgIpc) is 2.56. The molecule has 1 atom stereocenters. The van der Waals surface area contributed by atoms with Crippen LogP contribution in [0.3, 0.4) is 0 Å². The standard InChI is InChI=1S/C17H18F3N3O3S2/c1-10-6-11(2)16(12(3)7-10)28(25,26)23-14(17(18,19)20)9-27-15-5-4-13(22-24)8-21-15/h4-8,14,23H,9H2,1-3H3. The Kier molecular flexibility index (Phi) is 6.84. The van der Waals surface area contributed by atoms with Crippen molar-refractivity contribution in [2.75, 3.05) is 5.75 Å². The Balaban J connectivity index is 2.25. The molecule has 6 nitrogen and oxygen atoms in total. The molecule has 1 N–H and O–H groups in total. The highest BCUT2D eigenvalue weighted by Crippen LogP contribution is 2.29. The summed E-state index contributed by atoms with van der Waals surface area (Å²) in [7, 11) is -4.40. The first-order valence-corrected chi connectivity index (χ1v) is 10.5. The molecule has 1 heterocycles. The van der Waals surface area contributed by atoms with Crippen LogP contribution >= 0.6 is 11.8 Å². The number of sulfonamides is 1. The Morgan fingerprint density at radius 2 is 1.79 bits per heavy atom. The van der Waals surface area contributed by atoms with Crippen LogP contribution in [0.4, 0.5) is 18.9 Å². The molecule has 0 fully saturated rings. The number of aryl methyl sites for hydroxylation is 3. The molecule has 152 valence electrons. The predicted molar refractivity (Wildman–Crippen MR) is 101 cm³/mol. The van der Waals surface area contributed by atoms with Crippen molar-refractivity contribution in [1.82, 2.24) is 9.71 Å². The predicted octanol–water partition coefficient (Wildman–Crippen LogP) is 4.41. The number of hydrogen-bond acceptors (Lipinski definition) is 6. The third kappa shape index (κ3) is 5.52. The molecular weight excluding hydrogens is 415 g/mol. The lowest BCUT2D eigenvalue weighted by Gasteiger charge is -2.22. The summed E-state index contributed by atoms with van der Waals surface area (Å²) < 4.78 is 67.4. The van der Waals surface area contributed by atoms with Gasteiger partial charge in [-0.15, -0.1) is 16.7 Å². The number of nitrogens with zero attached hydrogens (tertiary/aromatic N) is 2. The number of rotatable bonds is 7. The maximum atomic E-state index is 13.4. The van der Waals surface area contributed by atoms with Crippen LogP contribution in [0.2, 0.25) is 0 Å². The van der Waals surface area contributed by atoms with E-state index in [9.17, 15) is 26.5 Å². The highest BCUT2D eigenvalue weighted by molar-refractivity contribution is 7.99. The molecule has 0 aliphatic carbocycles. The normalized spacial score (nSPS) is 13.4. The van der Waals surface area contributed by atoms with Crippen molar-refractivity contribution >= 4 is 27.5 Å². The quantitative estimate of drug-likeness (QED) is 0.516. The number of alkyl halides is 3. The highest BCUT2D eigenvalue weighted by atomic mass is 32.2. The Labute approximate surface area is 165 Å². The van der Waals surface area contributed by atoms with E-state index in [0.29, 0.717) is 11.1 Å². The van der Waals surface area contributed by atoms with Crippen molar-refractivity contribution in [2.24, 2.45) is 5.18 Å². The molecule has 0 saturated heterocycles. The fourth-order valence-electron chi connectivity index (χ4n) is 2.71. The Morgan fingerprint density at radius 3 is 2.25 bits per heavy atom. The molecule has 0 aliphatic rings. The van der Waals surface area contributed by atoms with Gasteiger partial charge in [-0.3, -0.25) is 0 Å². The first kappa shape index (κ1) is 22.3. The topological polar surface area (TPSA) is 88.5 Å². The second-order valence-corrected chi connectivity index (χ2v) is 8.89. The maximum Gasteiger partial charge on any atom is 0.405 e. The molecule has 11 heteroatoms.